The largest absolute Gasteiger partial charge is 0.478 e. The number of carboxylic acids is 1. The Kier molecular flexibility index (Phi) is 5.16. The molecule has 2 rings (SSSR count). The number of hydrogen-bond acceptors (Lipinski definition) is 3. The van der Waals surface area contributed by atoms with Crippen LogP contribution in [0.15, 0.2) is 30.5 Å². The lowest BCUT2D eigenvalue weighted by atomic mass is 10.1. The van der Waals surface area contributed by atoms with Crippen LogP contribution in [-0.4, -0.2) is 26.8 Å². The second kappa shape index (κ2) is 7.09. The molecule has 23 heavy (non-hydrogen) atoms. The molecule has 1 heterocycles. The smallest absolute Gasteiger partial charge is 0.335 e. The topological polar surface area (TPSA) is 84.2 Å². The summed E-state index contributed by atoms with van der Waals surface area (Å²) in [6.07, 6.45) is 2.70. The molecule has 0 aliphatic heterocycles. The van der Waals surface area contributed by atoms with Gasteiger partial charge in [0.15, 0.2) is 0 Å². The summed E-state index contributed by atoms with van der Waals surface area (Å²) in [5.41, 5.74) is 3.22. The molecule has 1 atom stereocenters. The Labute approximate surface area is 135 Å². The monoisotopic (exact) mass is 315 g/mol. The van der Waals surface area contributed by atoms with Gasteiger partial charge >= 0.3 is 5.97 Å². The SMILES string of the molecule is Cc1c(C(C)NC(=O)CCc2ccc(C(=O)O)cc2)cnn1C. The van der Waals surface area contributed by atoms with E-state index in [-0.39, 0.29) is 17.5 Å². The van der Waals surface area contributed by atoms with Gasteiger partial charge in [0, 0.05) is 24.7 Å². The predicted octanol–water partition coefficient (Wildman–Crippen LogP) is 2.24. The number of aromatic nitrogens is 2. The molecule has 122 valence electrons. The van der Waals surface area contributed by atoms with Gasteiger partial charge in [-0.1, -0.05) is 12.1 Å². The van der Waals surface area contributed by atoms with Crippen molar-refractivity contribution >= 4 is 11.9 Å². The number of nitrogens with one attached hydrogen (secondary N) is 1. The second-order valence-corrected chi connectivity index (χ2v) is 5.60. The number of rotatable bonds is 6. The van der Waals surface area contributed by atoms with Crippen LogP contribution in [0, 0.1) is 6.92 Å². The molecular weight excluding hydrogens is 294 g/mol. The van der Waals surface area contributed by atoms with Crippen LogP contribution in [0.3, 0.4) is 0 Å². The number of hydrogen-bond donors (Lipinski definition) is 2. The number of benzene rings is 1. The zero-order valence-electron chi connectivity index (χ0n) is 13.5. The molecule has 6 heteroatoms. The summed E-state index contributed by atoms with van der Waals surface area (Å²) in [4.78, 5) is 22.9. The normalized spacial score (nSPS) is 12.0. The Bertz CT molecular complexity index is 704. The first kappa shape index (κ1) is 16.7. The molecule has 0 fully saturated rings. The average Bonchev–Trinajstić information content (AvgIpc) is 2.85. The summed E-state index contributed by atoms with van der Waals surface area (Å²) < 4.78 is 1.78. The van der Waals surface area contributed by atoms with Crippen molar-refractivity contribution in [1.29, 1.82) is 0 Å². The zero-order valence-corrected chi connectivity index (χ0v) is 13.5. The van der Waals surface area contributed by atoms with Crippen LogP contribution >= 0.6 is 0 Å². The van der Waals surface area contributed by atoms with Crippen molar-refractivity contribution in [1.82, 2.24) is 15.1 Å². The number of carbonyl (C=O) groups is 2. The van der Waals surface area contributed by atoms with Crippen molar-refractivity contribution in [3.63, 3.8) is 0 Å². The van der Waals surface area contributed by atoms with Gasteiger partial charge in [-0.3, -0.25) is 9.48 Å². The van der Waals surface area contributed by atoms with E-state index in [0.29, 0.717) is 12.8 Å². The minimum Gasteiger partial charge on any atom is -0.478 e. The van der Waals surface area contributed by atoms with Crippen molar-refractivity contribution in [3.05, 3.63) is 52.8 Å². The maximum absolute atomic E-state index is 12.1. The molecule has 0 aliphatic rings. The molecule has 2 aromatic rings. The van der Waals surface area contributed by atoms with E-state index in [9.17, 15) is 9.59 Å². The van der Waals surface area contributed by atoms with E-state index in [2.05, 4.69) is 10.4 Å². The lowest BCUT2D eigenvalue weighted by molar-refractivity contribution is -0.121. The van der Waals surface area contributed by atoms with Gasteiger partial charge in [-0.2, -0.15) is 5.10 Å². The van der Waals surface area contributed by atoms with E-state index in [1.54, 1.807) is 35.1 Å². The van der Waals surface area contributed by atoms with Crippen LogP contribution < -0.4 is 5.32 Å². The van der Waals surface area contributed by atoms with Crippen LogP contribution in [-0.2, 0) is 18.3 Å². The van der Waals surface area contributed by atoms with E-state index in [1.165, 1.54) is 0 Å². The predicted molar refractivity (Wildman–Crippen MR) is 86.2 cm³/mol. The summed E-state index contributed by atoms with van der Waals surface area (Å²) in [5, 5.41) is 16.0. The van der Waals surface area contributed by atoms with Gasteiger partial charge in [-0.05, 0) is 38.0 Å². The quantitative estimate of drug-likeness (QED) is 0.856. The minimum absolute atomic E-state index is 0.0388. The Morgan fingerprint density at radius 2 is 1.96 bits per heavy atom. The van der Waals surface area contributed by atoms with Gasteiger partial charge in [-0.15, -0.1) is 0 Å². The summed E-state index contributed by atoms with van der Waals surface area (Å²) in [6.45, 7) is 3.90. The summed E-state index contributed by atoms with van der Waals surface area (Å²) in [5.74, 6) is -0.988. The highest BCUT2D eigenvalue weighted by Gasteiger charge is 2.14. The Balaban J connectivity index is 1.87. The first-order chi connectivity index (χ1) is 10.9. The molecule has 0 radical (unpaired) electrons. The number of aromatic carboxylic acids is 1. The Morgan fingerprint density at radius 3 is 2.48 bits per heavy atom. The number of nitrogens with zero attached hydrogens (tertiary/aromatic N) is 2. The average molecular weight is 315 g/mol. The molecule has 1 amide bonds. The van der Waals surface area contributed by atoms with E-state index in [1.807, 2.05) is 20.9 Å². The minimum atomic E-state index is -0.949. The third-order valence-corrected chi connectivity index (χ3v) is 3.96. The van der Waals surface area contributed by atoms with Crippen molar-refractivity contribution in [2.24, 2.45) is 7.05 Å². The summed E-state index contributed by atoms with van der Waals surface area (Å²) >= 11 is 0. The van der Waals surface area contributed by atoms with Crippen LogP contribution in [0.25, 0.3) is 0 Å². The highest BCUT2D eigenvalue weighted by atomic mass is 16.4. The molecule has 2 N–H and O–H groups in total. The van der Waals surface area contributed by atoms with E-state index >= 15 is 0 Å². The summed E-state index contributed by atoms with van der Waals surface area (Å²) in [7, 11) is 1.87. The maximum atomic E-state index is 12.1. The molecular formula is C17H21N3O3. The van der Waals surface area contributed by atoms with Crippen LogP contribution in [0.1, 0.15) is 46.6 Å². The molecule has 0 saturated carbocycles. The number of carbonyl (C=O) groups excluding carboxylic acids is 1. The standard InChI is InChI=1S/C17H21N3O3/c1-11(15-10-18-20(3)12(15)2)19-16(21)9-6-13-4-7-14(8-5-13)17(22)23/h4-5,7-8,10-11H,6,9H2,1-3H3,(H,19,21)(H,22,23). The third kappa shape index (κ3) is 4.18. The van der Waals surface area contributed by atoms with Crippen LogP contribution in [0.4, 0.5) is 0 Å². The maximum Gasteiger partial charge on any atom is 0.335 e. The van der Waals surface area contributed by atoms with Crippen LogP contribution in [0.2, 0.25) is 0 Å². The van der Waals surface area contributed by atoms with Crippen LogP contribution in [0.5, 0.6) is 0 Å². The fourth-order valence-corrected chi connectivity index (χ4v) is 2.40. The Hall–Kier alpha value is -2.63. The van der Waals surface area contributed by atoms with Gasteiger partial charge in [0.1, 0.15) is 0 Å². The first-order valence-corrected chi connectivity index (χ1v) is 7.48. The first-order valence-electron chi connectivity index (χ1n) is 7.48. The molecule has 0 bridgehead atoms. The van der Waals surface area contributed by atoms with Gasteiger partial charge < -0.3 is 10.4 Å². The van der Waals surface area contributed by atoms with Crippen molar-refractivity contribution < 1.29 is 14.7 Å². The Morgan fingerprint density at radius 1 is 1.30 bits per heavy atom. The second-order valence-electron chi connectivity index (χ2n) is 5.60. The van der Waals surface area contributed by atoms with Crippen molar-refractivity contribution in [2.45, 2.75) is 32.7 Å². The third-order valence-electron chi connectivity index (χ3n) is 3.96. The number of carboxylic acid groups (broad SMARTS) is 1. The molecule has 0 spiro atoms. The van der Waals surface area contributed by atoms with E-state index in [4.69, 9.17) is 5.11 Å². The molecule has 0 saturated heterocycles. The van der Waals surface area contributed by atoms with E-state index < -0.39 is 5.97 Å². The van der Waals surface area contributed by atoms with Gasteiger partial charge in [0.05, 0.1) is 17.8 Å². The lowest BCUT2D eigenvalue weighted by Crippen LogP contribution is -2.27. The highest BCUT2D eigenvalue weighted by molar-refractivity contribution is 5.87. The molecule has 1 unspecified atom stereocenters. The molecule has 1 aromatic heterocycles. The fraction of sp³-hybridized carbons (Fsp3) is 0.353. The van der Waals surface area contributed by atoms with Gasteiger partial charge in [0.25, 0.3) is 0 Å². The zero-order chi connectivity index (χ0) is 17.0. The molecule has 6 nitrogen and oxygen atoms in total. The molecule has 0 aliphatic carbocycles. The lowest BCUT2D eigenvalue weighted by Gasteiger charge is -2.13. The number of amides is 1. The fourth-order valence-electron chi connectivity index (χ4n) is 2.40. The van der Waals surface area contributed by atoms with Gasteiger partial charge in [-0.25, -0.2) is 4.79 Å². The highest BCUT2D eigenvalue weighted by Crippen LogP contribution is 2.16. The molecule has 1 aromatic carbocycles. The summed E-state index contributed by atoms with van der Waals surface area (Å²) in [6, 6.07) is 6.50. The van der Waals surface area contributed by atoms with E-state index in [0.717, 1.165) is 16.8 Å². The van der Waals surface area contributed by atoms with Gasteiger partial charge in [0.2, 0.25) is 5.91 Å². The van der Waals surface area contributed by atoms with Crippen molar-refractivity contribution in [2.75, 3.05) is 0 Å². The van der Waals surface area contributed by atoms with Crippen molar-refractivity contribution in [3.8, 4) is 0 Å². The number of aryl methyl sites for hydroxylation is 2.